The average Bonchev–Trinajstić information content (AvgIpc) is 2.80. The summed E-state index contributed by atoms with van der Waals surface area (Å²) in [5, 5.41) is 11.6. The summed E-state index contributed by atoms with van der Waals surface area (Å²) in [5.74, 6) is -1.79. The molecule has 2 rings (SSSR count). The normalized spacial score (nSPS) is 17.1. The minimum atomic E-state index is -3.32. The zero-order valence-electron chi connectivity index (χ0n) is 13.3. The number of carboxylic acids is 1. The first kappa shape index (κ1) is 17.3. The summed E-state index contributed by atoms with van der Waals surface area (Å²) in [6.07, 6.45) is 0.560. The van der Waals surface area contributed by atoms with E-state index in [0.717, 1.165) is 5.56 Å². The van der Waals surface area contributed by atoms with E-state index in [4.69, 9.17) is 5.11 Å². The van der Waals surface area contributed by atoms with Crippen LogP contribution in [0.2, 0.25) is 0 Å². The molecule has 0 bridgehead atoms. The van der Waals surface area contributed by atoms with Crippen LogP contribution in [-0.4, -0.2) is 37.7 Å². The number of sulfonamides is 1. The van der Waals surface area contributed by atoms with Crippen LogP contribution >= 0.6 is 0 Å². The molecule has 2 N–H and O–H groups in total. The number of nitrogens with one attached hydrogen (secondary N) is 1. The zero-order chi connectivity index (χ0) is 17.4. The van der Waals surface area contributed by atoms with Gasteiger partial charge in [0, 0.05) is 12.2 Å². The molecule has 1 aliphatic rings. The number of nitrogens with zero attached hydrogens (tertiary/aromatic N) is 1. The fourth-order valence-corrected chi connectivity index (χ4v) is 3.87. The monoisotopic (exact) mass is 340 g/mol. The largest absolute Gasteiger partial charge is 0.480 e. The van der Waals surface area contributed by atoms with Gasteiger partial charge in [-0.05, 0) is 44.9 Å². The number of aryl methyl sites for hydroxylation is 1. The van der Waals surface area contributed by atoms with Crippen molar-refractivity contribution in [3.8, 4) is 0 Å². The van der Waals surface area contributed by atoms with Crippen LogP contribution in [0.1, 0.15) is 25.8 Å². The molecule has 0 aliphatic carbocycles. The second-order valence-electron chi connectivity index (χ2n) is 6.13. The highest BCUT2D eigenvalue weighted by Gasteiger charge is 2.36. The first-order chi connectivity index (χ1) is 10.6. The Hall–Kier alpha value is -2.09. The lowest BCUT2D eigenvalue weighted by atomic mass is 9.92. The molecule has 23 heavy (non-hydrogen) atoms. The molecule has 8 heteroatoms. The van der Waals surface area contributed by atoms with Crippen molar-refractivity contribution in [3.05, 3.63) is 23.8 Å². The maximum atomic E-state index is 12.1. The number of amides is 1. The molecule has 7 nitrogen and oxygen atoms in total. The van der Waals surface area contributed by atoms with Crippen molar-refractivity contribution in [2.75, 3.05) is 21.9 Å². The number of benzene rings is 1. The van der Waals surface area contributed by atoms with Crippen molar-refractivity contribution in [2.45, 2.75) is 27.2 Å². The van der Waals surface area contributed by atoms with E-state index >= 15 is 0 Å². The molecule has 0 saturated carbocycles. The summed E-state index contributed by atoms with van der Waals surface area (Å²) >= 11 is 0. The van der Waals surface area contributed by atoms with Crippen LogP contribution in [0.15, 0.2) is 18.2 Å². The van der Waals surface area contributed by atoms with E-state index in [-0.39, 0.29) is 5.75 Å². The Kier molecular flexibility index (Phi) is 4.39. The number of carboxylic acid groups (broad SMARTS) is 1. The van der Waals surface area contributed by atoms with Gasteiger partial charge in [0.15, 0.2) is 0 Å². The van der Waals surface area contributed by atoms with Gasteiger partial charge in [-0.1, -0.05) is 6.07 Å². The van der Waals surface area contributed by atoms with E-state index in [1.54, 1.807) is 25.1 Å². The maximum Gasteiger partial charge on any atom is 0.318 e. The van der Waals surface area contributed by atoms with Crippen molar-refractivity contribution in [3.63, 3.8) is 0 Å². The Balaban J connectivity index is 2.32. The Labute approximate surface area is 135 Å². The lowest BCUT2D eigenvalue weighted by Gasteiger charge is -2.22. The van der Waals surface area contributed by atoms with E-state index < -0.39 is 27.3 Å². The Morgan fingerprint density at radius 3 is 2.48 bits per heavy atom. The fraction of sp³-hybridized carbons (Fsp3) is 0.467. The number of carbonyl (C=O) groups is 2. The van der Waals surface area contributed by atoms with Crippen LogP contribution in [0.5, 0.6) is 0 Å². The van der Waals surface area contributed by atoms with Crippen LogP contribution in [0, 0.1) is 12.3 Å². The first-order valence-corrected chi connectivity index (χ1v) is 8.82. The smallest absolute Gasteiger partial charge is 0.318 e. The molecule has 0 aromatic heterocycles. The molecule has 1 aromatic rings. The van der Waals surface area contributed by atoms with Crippen molar-refractivity contribution < 1.29 is 23.1 Å². The number of rotatable bonds is 4. The number of hydrogen-bond donors (Lipinski definition) is 2. The molecule has 1 heterocycles. The number of anilines is 2. The molecule has 1 saturated heterocycles. The van der Waals surface area contributed by atoms with E-state index in [1.807, 2.05) is 0 Å². The van der Waals surface area contributed by atoms with Crippen LogP contribution in [0.3, 0.4) is 0 Å². The van der Waals surface area contributed by atoms with Gasteiger partial charge in [0.1, 0.15) is 5.41 Å². The van der Waals surface area contributed by atoms with Gasteiger partial charge < -0.3 is 10.4 Å². The van der Waals surface area contributed by atoms with Crippen molar-refractivity contribution in [2.24, 2.45) is 5.41 Å². The van der Waals surface area contributed by atoms with Crippen LogP contribution < -0.4 is 9.62 Å². The third-order valence-electron chi connectivity index (χ3n) is 3.94. The molecule has 0 atom stereocenters. The molecule has 1 aromatic carbocycles. The number of carbonyl (C=O) groups excluding carboxylic acids is 1. The number of hydrogen-bond acceptors (Lipinski definition) is 4. The standard InChI is InChI=1S/C15H20N2O5S/c1-10-5-6-11(16-13(18)15(2,3)14(19)20)9-12(10)17-7-4-8-23(17,21)22/h5-6,9H,4,7-8H2,1-3H3,(H,16,18)(H,19,20). The topological polar surface area (TPSA) is 104 Å². The second-order valence-corrected chi connectivity index (χ2v) is 8.14. The Morgan fingerprint density at radius 1 is 1.30 bits per heavy atom. The van der Waals surface area contributed by atoms with Gasteiger partial charge in [-0.2, -0.15) is 0 Å². The van der Waals surface area contributed by atoms with Crippen molar-refractivity contribution in [1.82, 2.24) is 0 Å². The van der Waals surface area contributed by atoms with Gasteiger partial charge in [0.25, 0.3) is 0 Å². The highest BCUT2D eigenvalue weighted by Crippen LogP contribution is 2.30. The van der Waals surface area contributed by atoms with Gasteiger partial charge in [-0.15, -0.1) is 0 Å². The molecule has 1 amide bonds. The summed E-state index contributed by atoms with van der Waals surface area (Å²) in [6, 6.07) is 4.89. The number of aliphatic carboxylic acids is 1. The second kappa shape index (κ2) is 5.84. The van der Waals surface area contributed by atoms with E-state index in [1.165, 1.54) is 18.2 Å². The minimum absolute atomic E-state index is 0.106. The van der Waals surface area contributed by atoms with Crippen molar-refractivity contribution in [1.29, 1.82) is 0 Å². The van der Waals surface area contributed by atoms with Crippen LogP contribution in [0.25, 0.3) is 0 Å². The van der Waals surface area contributed by atoms with Crippen LogP contribution in [-0.2, 0) is 19.6 Å². The predicted octanol–water partition coefficient (Wildman–Crippen LogP) is 1.58. The highest BCUT2D eigenvalue weighted by molar-refractivity contribution is 7.93. The minimum Gasteiger partial charge on any atom is -0.480 e. The fourth-order valence-electron chi connectivity index (χ4n) is 2.25. The van der Waals surface area contributed by atoms with E-state index in [0.29, 0.717) is 24.3 Å². The Bertz CT molecular complexity index is 755. The highest BCUT2D eigenvalue weighted by atomic mass is 32.2. The zero-order valence-corrected chi connectivity index (χ0v) is 14.1. The average molecular weight is 340 g/mol. The molecule has 0 radical (unpaired) electrons. The molecule has 1 aliphatic heterocycles. The van der Waals surface area contributed by atoms with Crippen molar-refractivity contribution >= 4 is 33.3 Å². The summed E-state index contributed by atoms with van der Waals surface area (Å²) in [5.41, 5.74) is 0.0662. The van der Waals surface area contributed by atoms with E-state index in [9.17, 15) is 18.0 Å². The SMILES string of the molecule is Cc1ccc(NC(=O)C(C)(C)C(=O)O)cc1N1CCCS1(=O)=O. The summed E-state index contributed by atoms with van der Waals surface area (Å²) in [6.45, 7) is 4.81. The van der Waals surface area contributed by atoms with Gasteiger partial charge in [-0.25, -0.2) is 8.42 Å². The molecule has 0 spiro atoms. The molecular weight excluding hydrogens is 320 g/mol. The lowest BCUT2D eigenvalue weighted by Crippen LogP contribution is -2.37. The van der Waals surface area contributed by atoms with Crippen LogP contribution in [0.4, 0.5) is 11.4 Å². The van der Waals surface area contributed by atoms with Gasteiger partial charge in [0.05, 0.1) is 11.4 Å². The third-order valence-corrected chi connectivity index (χ3v) is 5.79. The molecule has 1 fully saturated rings. The van der Waals surface area contributed by atoms with Gasteiger partial charge in [0.2, 0.25) is 15.9 Å². The summed E-state index contributed by atoms with van der Waals surface area (Å²) < 4.78 is 25.4. The summed E-state index contributed by atoms with van der Waals surface area (Å²) in [4.78, 5) is 23.2. The Morgan fingerprint density at radius 2 is 1.96 bits per heavy atom. The first-order valence-electron chi connectivity index (χ1n) is 7.21. The third kappa shape index (κ3) is 3.31. The molecule has 126 valence electrons. The lowest BCUT2D eigenvalue weighted by molar-refractivity contribution is -0.151. The van der Waals surface area contributed by atoms with E-state index in [2.05, 4.69) is 5.32 Å². The summed E-state index contributed by atoms with van der Waals surface area (Å²) in [7, 11) is -3.32. The predicted molar refractivity (Wildman–Crippen MR) is 87.0 cm³/mol. The quantitative estimate of drug-likeness (QED) is 0.810. The van der Waals surface area contributed by atoms with Gasteiger partial charge in [-0.3, -0.25) is 13.9 Å². The van der Waals surface area contributed by atoms with Gasteiger partial charge >= 0.3 is 5.97 Å². The maximum absolute atomic E-state index is 12.1. The molecular formula is C15H20N2O5S. The molecule has 0 unspecified atom stereocenters.